The Morgan fingerprint density at radius 1 is 1.35 bits per heavy atom. The van der Waals surface area contributed by atoms with E-state index in [2.05, 4.69) is 21.2 Å². The molecule has 0 fully saturated rings. The van der Waals surface area contributed by atoms with Crippen LogP contribution < -0.4 is 10.2 Å². The summed E-state index contributed by atoms with van der Waals surface area (Å²) in [6.07, 6.45) is 1.35. The van der Waals surface area contributed by atoms with Crippen molar-refractivity contribution in [2.24, 2.45) is 0 Å². The molecule has 0 atom stereocenters. The van der Waals surface area contributed by atoms with Gasteiger partial charge >= 0.3 is 0 Å². The van der Waals surface area contributed by atoms with Crippen molar-refractivity contribution >= 4 is 33.4 Å². The number of benzene rings is 1. The monoisotopic (exact) mass is 340 g/mol. The van der Waals surface area contributed by atoms with Gasteiger partial charge in [0.05, 0.1) is 0 Å². The van der Waals surface area contributed by atoms with Crippen LogP contribution in [0.25, 0.3) is 0 Å². The van der Waals surface area contributed by atoms with E-state index >= 15 is 0 Å². The number of rotatable bonds is 6. The minimum atomic E-state index is -0.0276. The molecule has 5 heteroatoms. The van der Waals surface area contributed by atoms with Gasteiger partial charge in [-0.2, -0.15) is 0 Å². The normalized spacial score (nSPS) is 10.2. The molecule has 1 N–H and O–H groups in total. The Morgan fingerprint density at radius 2 is 2.05 bits per heavy atom. The lowest BCUT2D eigenvalue weighted by molar-refractivity contribution is -0.121. The van der Waals surface area contributed by atoms with Crippen molar-refractivity contribution in [3.63, 3.8) is 0 Å². The second kappa shape index (κ2) is 8.04. The van der Waals surface area contributed by atoms with Gasteiger partial charge in [-0.15, -0.1) is 0 Å². The molecule has 1 aromatic carbocycles. The van der Waals surface area contributed by atoms with E-state index in [0.717, 1.165) is 22.1 Å². The third-order valence-electron chi connectivity index (χ3n) is 2.96. The molecule has 0 heterocycles. The fraction of sp³-hybridized carbons (Fsp3) is 0.467. The van der Waals surface area contributed by atoms with Crippen molar-refractivity contribution in [1.29, 1.82) is 0 Å². The van der Waals surface area contributed by atoms with Crippen LogP contribution in [-0.4, -0.2) is 24.9 Å². The van der Waals surface area contributed by atoms with Crippen molar-refractivity contribution in [3.8, 4) is 0 Å². The van der Waals surface area contributed by atoms with Crippen LogP contribution >= 0.6 is 15.9 Å². The minimum absolute atomic E-state index is 0.0276. The highest BCUT2D eigenvalue weighted by Gasteiger charge is 2.14. The fourth-order valence-electron chi connectivity index (χ4n) is 1.99. The van der Waals surface area contributed by atoms with Gasteiger partial charge in [0, 0.05) is 36.6 Å². The summed E-state index contributed by atoms with van der Waals surface area (Å²) in [5.41, 5.74) is 1.90. The number of aryl methyl sites for hydroxylation is 1. The smallest absolute Gasteiger partial charge is 0.223 e. The summed E-state index contributed by atoms with van der Waals surface area (Å²) in [7, 11) is 0. The third-order valence-corrected chi connectivity index (χ3v) is 3.46. The first-order valence-electron chi connectivity index (χ1n) is 6.76. The summed E-state index contributed by atoms with van der Waals surface area (Å²) < 4.78 is 0.985. The summed E-state index contributed by atoms with van der Waals surface area (Å²) in [6, 6.07) is 5.80. The summed E-state index contributed by atoms with van der Waals surface area (Å²) in [6.45, 7) is 6.41. The van der Waals surface area contributed by atoms with Crippen molar-refractivity contribution < 1.29 is 9.59 Å². The zero-order chi connectivity index (χ0) is 15.1. The molecule has 0 aliphatic rings. The summed E-state index contributed by atoms with van der Waals surface area (Å²) in [5.74, 6) is 0.00342. The third kappa shape index (κ3) is 4.96. The molecule has 1 rings (SSSR count). The van der Waals surface area contributed by atoms with Gasteiger partial charge in [-0.05, 0) is 37.1 Å². The van der Waals surface area contributed by atoms with Gasteiger partial charge < -0.3 is 10.2 Å². The Kier molecular flexibility index (Phi) is 6.71. The van der Waals surface area contributed by atoms with Crippen molar-refractivity contribution in [2.45, 2.75) is 33.6 Å². The molecular formula is C15H21BrN2O2. The van der Waals surface area contributed by atoms with Crippen LogP contribution in [0.1, 0.15) is 32.3 Å². The van der Waals surface area contributed by atoms with Gasteiger partial charge in [0.25, 0.3) is 0 Å². The first-order valence-corrected chi connectivity index (χ1v) is 7.56. The van der Waals surface area contributed by atoms with E-state index in [-0.39, 0.29) is 11.8 Å². The first kappa shape index (κ1) is 16.7. The SMILES string of the molecule is CCCC(=O)NCCN(C(C)=O)c1ccc(Br)cc1C. The van der Waals surface area contributed by atoms with E-state index < -0.39 is 0 Å². The Hall–Kier alpha value is -1.36. The molecule has 4 nitrogen and oxygen atoms in total. The minimum Gasteiger partial charge on any atom is -0.354 e. The molecule has 0 aliphatic carbocycles. The number of nitrogens with one attached hydrogen (secondary N) is 1. The molecule has 1 aromatic rings. The number of halogens is 1. The van der Waals surface area contributed by atoms with Crippen LogP contribution in [0.4, 0.5) is 5.69 Å². The van der Waals surface area contributed by atoms with E-state index in [1.807, 2.05) is 32.0 Å². The highest BCUT2D eigenvalue weighted by molar-refractivity contribution is 9.10. The fourth-order valence-corrected chi connectivity index (χ4v) is 2.47. The average Bonchev–Trinajstić information content (AvgIpc) is 2.36. The maximum Gasteiger partial charge on any atom is 0.223 e. The molecule has 0 radical (unpaired) electrons. The largest absolute Gasteiger partial charge is 0.354 e. The maximum atomic E-state index is 11.8. The molecule has 0 aliphatic heterocycles. The lowest BCUT2D eigenvalue weighted by Crippen LogP contribution is -2.37. The Labute approximate surface area is 128 Å². The zero-order valence-electron chi connectivity index (χ0n) is 12.2. The number of nitrogens with zero attached hydrogens (tertiary/aromatic N) is 1. The lowest BCUT2D eigenvalue weighted by Gasteiger charge is -2.23. The van der Waals surface area contributed by atoms with Gasteiger partial charge in [-0.3, -0.25) is 9.59 Å². The molecule has 110 valence electrons. The summed E-state index contributed by atoms with van der Waals surface area (Å²) in [4.78, 5) is 24.9. The molecule has 0 bridgehead atoms. The first-order chi connectivity index (χ1) is 9.45. The molecule has 2 amide bonds. The predicted octanol–water partition coefficient (Wildman–Crippen LogP) is 3.03. The molecule has 0 saturated carbocycles. The second-order valence-corrected chi connectivity index (χ2v) is 5.62. The van der Waals surface area contributed by atoms with E-state index in [4.69, 9.17) is 0 Å². The molecule has 0 spiro atoms. The maximum absolute atomic E-state index is 11.8. The van der Waals surface area contributed by atoms with Gasteiger partial charge in [0.15, 0.2) is 0 Å². The number of hydrogen-bond acceptors (Lipinski definition) is 2. The molecule has 0 unspecified atom stereocenters. The van der Waals surface area contributed by atoms with E-state index in [0.29, 0.717) is 19.5 Å². The lowest BCUT2D eigenvalue weighted by atomic mass is 10.2. The van der Waals surface area contributed by atoms with Crippen LogP contribution in [0.2, 0.25) is 0 Å². The molecular weight excluding hydrogens is 320 g/mol. The Balaban J connectivity index is 2.70. The van der Waals surface area contributed by atoms with Crippen LogP contribution in [0, 0.1) is 6.92 Å². The van der Waals surface area contributed by atoms with Crippen LogP contribution in [0.15, 0.2) is 22.7 Å². The average molecular weight is 341 g/mol. The van der Waals surface area contributed by atoms with E-state index in [1.165, 1.54) is 6.92 Å². The van der Waals surface area contributed by atoms with Crippen molar-refractivity contribution in [1.82, 2.24) is 5.32 Å². The number of carbonyl (C=O) groups excluding carboxylic acids is 2. The topological polar surface area (TPSA) is 49.4 Å². The van der Waals surface area contributed by atoms with Crippen LogP contribution in [0.3, 0.4) is 0 Å². The van der Waals surface area contributed by atoms with E-state index in [9.17, 15) is 9.59 Å². The highest BCUT2D eigenvalue weighted by atomic mass is 79.9. The zero-order valence-corrected chi connectivity index (χ0v) is 13.8. The predicted molar refractivity (Wildman–Crippen MR) is 84.8 cm³/mol. The van der Waals surface area contributed by atoms with E-state index in [1.54, 1.807) is 4.90 Å². The number of carbonyl (C=O) groups is 2. The van der Waals surface area contributed by atoms with Crippen molar-refractivity contribution in [3.05, 3.63) is 28.2 Å². The number of anilines is 1. The van der Waals surface area contributed by atoms with Gasteiger partial charge in [-0.25, -0.2) is 0 Å². The van der Waals surface area contributed by atoms with Gasteiger partial charge in [0.1, 0.15) is 0 Å². The summed E-state index contributed by atoms with van der Waals surface area (Å²) >= 11 is 3.41. The number of amides is 2. The Morgan fingerprint density at radius 3 is 2.60 bits per heavy atom. The number of hydrogen-bond donors (Lipinski definition) is 1. The quantitative estimate of drug-likeness (QED) is 0.865. The van der Waals surface area contributed by atoms with Crippen LogP contribution in [-0.2, 0) is 9.59 Å². The van der Waals surface area contributed by atoms with Crippen LogP contribution in [0.5, 0.6) is 0 Å². The van der Waals surface area contributed by atoms with Gasteiger partial charge in [-0.1, -0.05) is 22.9 Å². The van der Waals surface area contributed by atoms with Gasteiger partial charge in [0.2, 0.25) is 11.8 Å². The van der Waals surface area contributed by atoms with Crippen molar-refractivity contribution in [2.75, 3.05) is 18.0 Å². The highest BCUT2D eigenvalue weighted by Crippen LogP contribution is 2.23. The standard InChI is InChI=1S/C15H21BrN2O2/c1-4-5-15(20)17-8-9-18(12(3)19)14-7-6-13(16)10-11(14)2/h6-7,10H,4-5,8-9H2,1-3H3,(H,17,20). The molecule has 20 heavy (non-hydrogen) atoms. The summed E-state index contributed by atoms with van der Waals surface area (Å²) in [5, 5.41) is 2.83. The molecule has 0 saturated heterocycles. The Bertz CT molecular complexity index is 489. The second-order valence-electron chi connectivity index (χ2n) is 4.70. The molecule has 0 aromatic heterocycles.